The van der Waals surface area contributed by atoms with Crippen molar-refractivity contribution in [1.29, 1.82) is 0 Å². The third-order valence-corrected chi connectivity index (χ3v) is 7.32. The Bertz CT molecular complexity index is 1670. The second-order valence-corrected chi connectivity index (χ2v) is 10.2. The van der Waals surface area contributed by atoms with E-state index in [1.165, 1.54) is 39.0 Å². The second-order valence-electron chi connectivity index (χ2n) is 9.03. The molecule has 3 heterocycles. The van der Waals surface area contributed by atoms with Crippen molar-refractivity contribution in [1.82, 2.24) is 4.57 Å². The minimum Gasteiger partial charge on any atom is -0.421 e. The Kier molecular flexibility index (Phi) is 5.75. The fraction of sp³-hybridized carbons (Fsp3) is 0.185. The molecule has 2 aliphatic heterocycles. The van der Waals surface area contributed by atoms with Gasteiger partial charge in [0.2, 0.25) is 0 Å². The summed E-state index contributed by atoms with van der Waals surface area (Å²) < 4.78 is 78.1. The van der Waals surface area contributed by atoms with Crippen LogP contribution in [0, 0.1) is 12.7 Å². The first-order chi connectivity index (χ1) is 18.5. The molecule has 0 saturated carbocycles. The van der Waals surface area contributed by atoms with Crippen LogP contribution in [0.1, 0.15) is 22.0 Å². The zero-order chi connectivity index (χ0) is 27.5. The van der Waals surface area contributed by atoms with Crippen LogP contribution in [0.2, 0.25) is 0 Å². The van der Waals surface area contributed by atoms with E-state index in [1.807, 2.05) is 12.1 Å². The molecule has 6 nitrogen and oxygen atoms in total. The van der Waals surface area contributed by atoms with Crippen molar-refractivity contribution in [3.05, 3.63) is 99.5 Å². The first-order valence-corrected chi connectivity index (χ1v) is 12.5. The molecule has 4 aromatic rings. The Labute approximate surface area is 222 Å². The van der Waals surface area contributed by atoms with Gasteiger partial charge in [-0.05, 0) is 54.8 Å². The molecule has 1 unspecified atom stereocenters. The van der Waals surface area contributed by atoms with Gasteiger partial charge in [-0.15, -0.1) is 11.3 Å². The lowest BCUT2D eigenvalue weighted by Gasteiger charge is -2.31. The van der Waals surface area contributed by atoms with Crippen LogP contribution in [0.4, 0.5) is 32.4 Å². The fourth-order valence-electron chi connectivity index (χ4n) is 4.63. The average Bonchev–Trinajstić information content (AvgIpc) is 3.44. The second kappa shape index (κ2) is 8.94. The summed E-state index contributed by atoms with van der Waals surface area (Å²) in [6.07, 6.45) is -7.55. The van der Waals surface area contributed by atoms with Crippen LogP contribution >= 0.6 is 11.3 Å². The Balaban J connectivity index is 1.40. The smallest absolute Gasteiger partial charge is 0.421 e. The molecular formula is C27H18F5N3O3S. The first kappa shape index (κ1) is 25.1. The van der Waals surface area contributed by atoms with E-state index >= 15 is 0 Å². The molecule has 1 atom stereocenters. The lowest BCUT2D eigenvalue weighted by molar-refractivity contribution is -0.391. The van der Waals surface area contributed by atoms with Crippen molar-refractivity contribution in [2.45, 2.75) is 31.6 Å². The van der Waals surface area contributed by atoms with E-state index in [0.717, 1.165) is 28.1 Å². The van der Waals surface area contributed by atoms with E-state index in [4.69, 9.17) is 0 Å². The number of fused-ring (bicyclic) bond motifs is 2. The number of ether oxygens (including phenoxy) is 2. The van der Waals surface area contributed by atoms with Gasteiger partial charge in [0, 0.05) is 22.8 Å². The molecule has 0 N–H and O–H groups in total. The maximum Gasteiger partial charge on any atom is 0.507 e. The van der Waals surface area contributed by atoms with E-state index in [1.54, 1.807) is 37.4 Å². The molecule has 6 rings (SSSR count). The van der Waals surface area contributed by atoms with Crippen LogP contribution in [-0.4, -0.2) is 22.8 Å². The van der Waals surface area contributed by atoms with Gasteiger partial charge in [-0.3, -0.25) is 9.47 Å². The fourth-order valence-corrected chi connectivity index (χ4v) is 5.46. The Morgan fingerprint density at radius 2 is 1.67 bits per heavy atom. The number of carbonyl (C=O) groups excluding carboxylic acids is 1. The third kappa shape index (κ3) is 4.34. The maximum atomic E-state index is 13.8. The van der Waals surface area contributed by atoms with E-state index in [-0.39, 0.29) is 10.5 Å². The van der Waals surface area contributed by atoms with Crippen molar-refractivity contribution in [3.8, 4) is 17.2 Å². The van der Waals surface area contributed by atoms with Gasteiger partial charge >= 0.3 is 18.2 Å². The molecular weight excluding hydrogens is 541 g/mol. The number of halogens is 5. The van der Waals surface area contributed by atoms with Gasteiger partial charge in [-0.2, -0.15) is 22.6 Å². The number of aryl methyl sites for hydroxylation is 1. The predicted octanol–water partition coefficient (Wildman–Crippen LogP) is 6.77. The standard InChI is InChI=1S/C27H18F5N3O3S/c1-15-14-34(19-10-11-22-23(13-19)38-27(31,32)26(29,30)37-22)25(39-15)33-24(36)35-20-5-3-2-4-17(20)12-21(35)16-6-8-18(28)9-7-16/h2-11,13-14,21H,12H2,1H3/b33-25-. The van der Waals surface area contributed by atoms with E-state index < -0.39 is 41.6 Å². The summed E-state index contributed by atoms with van der Waals surface area (Å²) in [4.78, 5) is 20.5. The van der Waals surface area contributed by atoms with E-state index in [9.17, 15) is 26.7 Å². The monoisotopic (exact) mass is 559 g/mol. The number of hydrogen-bond donors (Lipinski definition) is 0. The summed E-state index contributed by atoms with van der Waals surface area (Å²) >= 11 is 1.17. The number of para-hydroxylation sites is 1. The molecule has 12 heteroatoms. The molecule has 39 heavy (non-hydrogen) atoms. The number of aromatic nitrogens is 1. The van der Waals surface area contributed by atoms with Gasteiger partial charge in [0.25, 0.3) is 0 Å². The summed E-state index contributed by atoms with van der Waals surface area (Å²) in [7, 11) is 0. The highest BCUT2D eigenvalue weighted by molar-refractivity contribution is 7.09. The minimum absolute atomic E-state index is 0.216. The van der Waals surface area contributed by atoms with Crippen molar-refractivity contribution >= 4 is 23.1 Å². The number of carbonyl (C=O) groups is 1. The Morgan fingerprint density at radius 1 is 0.974 bits per heavy atom. The molecule has 0 bridgehead atoms. The van der Waals surface area contributed by atoms with Gasteiger partial charge in [0.05, 0.1) is 11.7 Å². The molecule has 0 saturated heterocycles. The minimum atomic E-state index is -4.87. The van der Waals surface area contributed by atoms with Gasteiger partial charge in [0.15, 0.2) is 16.3 Å². The normalized spacial score (nSPS) is 19.2. The van der Waals surface area contributed by atoms with Crippen LogP contribution in [0.3, 0.4) is 0 Å². The highest BCUT2D eigenvalue weighted by Gasteiger charge is 2.66. The summed E-state index contributed by atoms with van der Waals surface area (Å²) in [6, 6.07) is 15.8. The lowest BCUT2D eigenvalue weighted by Crippen LogP contribution is -2.52. The molecule has 1 aromatic heterocycles. The number of alkyl halides is 4. The van der Waals surface area contributed by atoms with E-state index in [0.29, 0.717) is 12.1 Å². The number of thiazole rings is 1. The highest BCUT2D eigenvalue weighted by atomic mass is 32.1. The number of anilines is 1. The largest absolute Gasteiger partial charge is 0.507 e. The average molecular weight is 560 g/mol. The summed E-state index contributed by atoms with van der Waals surface area (Å²) in [5, 5.41) is 0. The number of hydrogen-bond acceptors (Lipinski definition) is 4. The molecule has 0 aliphatic carbocycles. The Morgan fingerprint density at radius 3 is 2.41 bits per heavy atom. The first-order valence-electron chi connectivity index (χ1n) is 11.7. The van der Waals surface area contributed by atoms with Crippen LogP contribution in [0.25, 0.3) is 5.69 Å². The number of rotatable bonds is 2. The summed E-state index contributed by atoms with van der Waals surface area (Å²) in [6.45, 7) is 1.77. The molecule has 2 amide bonds. The van der Waals surface area contributed by atoms with Crippen molar-refractivity contribution in [2.24, 2.45) is 4.99 Å². The molecule has 2 aliphatic rings. The molecule has 3 aromatic carbocycles. The number of urea groups is 1. The number of nitrogens with zero attached hydrogens (tertiary/aromatic N) is 3. The quantitative estimate of drug-likeness (QED) is 0.255. The highest BCUT2D eigenvalue weighted by Crippen LogP contribution is 2.47. The molecule has 0 spiro atoms. The van der Waals surface area contributed by atoms with Crippen molar-refractivity contribution < 1.29 is 36.2 Å². The van der Waals surface area contributed by atoms with E-state index in [2.05, 4.69) is 14.5 Å². The maximum absolute atomic E-state index is 13.8. The summed E-state index contributed by atoms with van der Waals surface area (Å²) in [5.41, 5.74) is 2.57. The van der Waals surface area contributed by atoms with Crippen LogP contribution in [-0.2, 0) is 6.42 Å². The van der Waals surface area contributed by atoms with Crippen molar-refractivity contribution in [2.75, 3.05) is 4.90 Å². The topological polar surface area (TPSA) is 56.1 Å². The lowest BCUT2D eigenvalue weighted by atomic mass is 10.0. The Hall–Kier alpha value is -4.19. The van der Waals surface area contributed by atoms with Gasteiger partial charge < -0.3 is 9.47 Å². The van der Waals surface area contributed by atoms with Crippen molar-refractivity contribution in [3.63, 3.8) is 0 Å². The number of amides is 2. The zero-order valence-corrected chi connectivity index (χ0v) is 20.9. The van der Waals surface area contributed by atoms with Crippen LogP contribution in [0.5, 0.6) is 11.5 Å². The number of benzene rings is 3. The zero-order valence-electron chi connectivity index (χ0n) is 20.1. The van der Waals surface area contributed by atoms with Crippen LogP contribution in [0.15, 0.2) is 77.9 Å². The summed E-state index contributed by atoms with van der Waals surface area (Å²) in [5.74, 6) is -1.53. The van der Waals surface area contributed by atoms with Gasteiger partial charge in [-0.25, -0.2) is 9.18 Å². The SMILES string of the molecule is Cc1cn(-c2ccc3c(c2)OC(F)(F)C(F)(F)O3)/c(=N/C(=O)N2c3ccccc3CC2c2ccc(F)cc2)s1. The van der Waals surface area contributed by atoms with Crippen LogP contribution < -0.4 is 19.2 Å². The molecule has 0 radical (unpaired) electrons. The molecule has 0 fully saturated rings. The predicted molar refractivity (Wildman–Crippen MR) is 132 cm³/mol. The molecule has 200 valence electrons. The van der Waals surface area contributed by atoms with Gasteiger partial charge in [0.1, 0.15) is 5.82 Å². The van der Waals surface area contributed by atoms with Gasteiger partial charge in [-0.1, -0.05) is 30.3 Å². The third-order valence-electron chi connectivity index (χ3n) is 6.42.